The average molecular weight is 515 g/mol. The quantitative estimate of drug-likeness (QED) is 0.228. The van der Waals surface area contributed by atoms with Gasteiger partial charge in [-0.25, -0.2) is 4.98 Å². The average Bonchev–Trinajstić information content (AvgIpc) is 3.28. The number of aromatic nitrogens is 3. The summed E-state index contributed by atoms with van der Waals surface area (Å²) in [5, 5.41) is 4.20. The summed E-state index contributed by atoms with van der Waals surface area (Å²) < 4.78 is 12.3. The van der Waals surface area contributed by atoms with Crippen LogP contribution in [0.1, 0.15) is 11.1 Å². The summed E-state index contributed by atoms with van der Waals surface area (Å²) in [7, 11) is 3.09. The minimum absolute atomic E-state index is 0.0703. The van der Waals surface area contributed by atoms with Gasteiger partial charge in [-0.3, -0.25) is 14.2 Å². The van der Waals surface area contributed by atoms with E-state index in [1.54, 1.807) is 25.3 Å². The third-order valence-corrected chi connectivity index (χ3v) is 7.05. The van der Waals surface area contributed by atoms with E-state index in [4.69, 9.17) is 14.5 Å². The maximum Gasteiger partial charge on any atom is 0.283 e. The van der Waals surface area contributed by atoms with Gasteiger partial charge in [0.2, 0.25) is 5.91 Å². The van der Waals surface area contributed by atoms with Crippen LogP contribution in [0.5, 0.6) is 11.5 Å². The van der Waals surface area contributed by atoms with Crippen molar-refractivity contribution in [3.8, 4) is 17.2 Å². The number of fused-ring (bicyclic) bond motifs is 3. The van der Waals surface area contributed by atoms with Crippen LogP contribution in [-0.4, -0.2) is 40.4 Å². The fraction of sp³-hybridized carbons (Fsp3) is 0.179. The Labute approximate surface area is 217 Å². The molecule has 0 saturated heterocycles. The lowest BCUT2D eigenvalue weighted by atomic mass is 10.1. The second-order valence-corrected chi connectivity index (χ2v) is 9.57. The molecule has 0 saturated carbocycles. The summed E-state index contributed by atoms with van der Waals surface area (Å²) in [4.78, 5) is 34.7. The standard InChI is InChI=1S/C28H26N4O4S/c1-16-9-11-20(17(2)13-16)29-24(33)15-37-28-31-25-19-7-5-6-8-21(19)30-26(25)27(34)32(28)18-10-12-22(35-3)23(14-18)36-4/h5-14,30H,15H2,1-4H3,(H,29,33). The van der Waals surface area contributed by atoms with E-state index in [1.807, 2.05) is 56.3 Å². The van der Waals surface area contributed by atoms with E-state index >= 15 is 0 Å². The zero-order valence-corrected chi connectivity index (χ0v) is 21.7. The second-order valence-electron chi connectivity index (χ2n) is 8.62. The van der Waals surface area contributed by atoms with Gasteiger partial charge in [0.1, 0.15) is 11.0 Å². The molecule has 0 atom stereocenters. The lowest BCUT2D eigenvalue weighted by Gasteiger charge is -2.15. The Balaban J connectivity index is 1.58. The molecule has 37 heavy (non-hydrogen) atoms. The second kappa shape index (κ2) is 10.0. The Morgan fingerprint density at radius 1 is 1.03 bits per heavy atom. The SMILES string of the molecule is COc1ccc(-n2c(SCC(=O)Nc3ccc(C)cc3C)nc3c([nH]c4ccccc43)c2=O)cc1OC. The number of amides is 1. The Kier molecular flexibility index (Phi) is 6.62. The van der Waals surface area contributed by atoms with E-state index in [-0.39, 0.29) is 17.2 Å². The van der Waals surface area contributed by atoms with Crippen LogP contribution in [0, 0.1) is 13.8 Å². The number of nitrogens with zero attached hydrogens (tertiary/aromatic N) is 2. The van der Waals surface area contributed by atoms with Crippen LogP contribution >= 0.6 is 11.8 Å². The number of aryl methyl sites for hydroxylation is 2. The topological polar surface area (TPSA) is 98.2 Å². The lowest BCUT2D eigenvalue weighted by molar-refractivity contribution is -0.113. The minimum atomic E-state index is -0.272. The zero-order chi connectivity index (χ0) is 26.1. The van der Waals surface area contributed by atoms with Gasteiger partial charge < -0.3 is 19.8 Å². The number of methoxy groups -OCH3 is 2. The molecule has 0 aliphatic heterocycles. The number of para-hydroxylation sites is 1. The summed E-state index contributed by atoms with van der Waals surface area (Å²) >= 11 is 1.20. The third kappa shape index (κ3) is 4.65. The molecule has 0 spiro atoms. The molecule has 0 fully saturated rings. The molecule has 8 nitrogen and oxygen atoms in total. The highest BCUT2D eigenvalue weighted by Gasteiger charge is 2.19. The Bertz CT molecular complexity index is 1710. The van der Waals surface area contributed by atoms with Gasteiger partial charge in [-0.15, -0.1) is 0 Å². The van der Waals surface area contributed by atoms with Gasteiger partial charge in [0.15, 0.2) is 16.7 Å². The van der Waals surface area contributed by atoms with Crippen LogP contribution in [0.25, 0.3) is 27.6 Å². The first-order valence-electron chi connectivity index (χ1n) is 11.7. The number of thioether (sulfide) groups is 1. The molecule has 0 aliphatic carbocycles. The van der Waals surface area contributed by atoms with Crippen molar-refractivity contribution >= 4 is 45.3 Å². The number of nitrogens with one attached hydrogen (secondary N) is 2. The van der Waals surface area contributed by atoms with E-state index in [2.05, 4.69) is 10.3 Å². The van der Waals surface area contributed by atoms with Crippen LogP contribution in [0.2, 0.25) is 0 Å². The first-order valence-corrected chi connectivity index (χ1v) is 12.6. The van der Waals surface area contributed by atoms with Gasteiger partial charge in [0.25, 0.3) is 5.56 Å². The molecule has 0 radical (unpaired) electrons. The summed E-state index contributed by atoms with van der Waals surface area (Å²) in [5.41, 5.74) is 4.91. The number of benzene rings is 3. The van der Waals surface area contributed by atoms with Crippen molar-refractivity contribution in [2.24, 2.45) is 0 Å². The fourth-order valence-electron chi connectivity index (χ4n) is 4.30. The van der Waals surface area contributed by atoms with Crippen molar-refractivity contribution in [3.63, 3.8) is 0 Å². The van der Waals surface area contributed by atoms with Crippen LogP contribution in [0.4, 0.5) is 5.69 Å². The van der Waals surface area contributed by atoms with Crippen LogP contribution < -0.4 is 20.3 Å². The van der Waals surface area contributed by atoms with Crippen molar-refractivity contribution in [2.45, 2.75) is 19.0 Å². The molecule has 188 valence electrons. The maximum absolute atomic E-state index is 13.8. The number of aromatic amines is 1. The summed E-state index contributed by atoms with van der Waals surface area (Å²) in [6.45, 7) is 3.96. The largest absolute Gasteiger partial charge is 0.493 e. The number of hydrogen-bond acceptors (Lipinski definition) is 6. The summed E-state index contributed by atoms with van der Waals surface area (Å²) in [5.74, 6) is 0.901. The first-order chi connectivity index (χ1) is 17.9. The molecule has 0 bridgehead atoms. The van der Waals surface area contributed by atoms with Crippen LogP contribution in [0.15, 0.2) is 70.6 Å². The highest BCUT2D eigenvalue weighted by molar-refractivity contribution is 7.99. The Morgan fingerprint density at radius 2 is 1.81 bits per heavy atom. The van der Waals surface area contributed by atoms with Gasteiger partial charge in [0, 0.05) is 22.7 Å². The van der Waals surface area contributed by atoms with Crippen molar-refractivity contribution in [2.75, 3.05) is 25.3 Å². The predicted molar refractivity (Wildman–Crippen MR) is 148 cm³/mol. The third-order valence-electron chi connectivity index (χ3n) is 6.11. The molecule has 2 heterocycles. The number of ether oxygens (including phenoxy) is 2. The van der Waals surface area contributed by atoms with E-state index < -0.39 is 0 Å². The van der Waals surface area contributed by atoms with Gasteiger partial charge in [-0.05, 0) is 43.7 Å². The van der Waals surface area contributed by atoms with Gasteiger partial charge >= 0.3 is 0 Å². The maximum atomic E-state index is 13.8. The smallest absolute Gasteiger partial charge is 0.283 e. The van der Waals surface area contributed by atoms with Crippen LogP contribution in [-0.2, 0) is 4.79 Å². The summed E-state index contributed by atoms with van der Waals surface area (Å²) in [6.07, 6.45) is 0. The van der Waals surface area contributed by atoms with E-state index in [9.17, 15) is 9.59 Å². The Morgan fingerprint density at radius 3 is 2.57 bits per heavy atom. The monoisotopic (exact) mass is 514 g/mol. The molecule has 9 heteroatoms. The number of H-pyrrole nitrogens is 1. The number of anilines is 1. The zero-order valence-electron chi connectivity index (χ0n) is 20.9. The normalized spacial score (nSPS) is 11.1. The fourth-order valence-corrected chi connectivity index (χ4v) is 5.11. The van der Waals surface area contributed by atoms with Crippen molar-refractivity contribution in [3.05, 3.63) is 82.1 Å². The molecule has 5 aromatic rings. The first kappa shape index (κ1) is 24.5. The van der Waals surface area contributed by atoms with Crippen molar-refractivity contribution in [1.82, 2.24) is 14.5 Å². The summed E-state index contributed by atoms with van der Waals surface area (Å²) in [6, 6.07) is 18.7. The number of carbonyl (C=O) groups is 1. The molecule has 2 N–H and O–H groups in total. The Hall–Kier alpha value is -4.24. The van der Waals surface area contributed by atoms with Gasteiger partial charge in [-0.2, -0.15) is 0 Å². The molecular formula is C28H26N4O4S. The highest BCUT2D eigenvalue weighted by Crippen LogP contribution is 2.31. The van der Waals surface area contributed by atoms with Crippen molar-refractivity contribution < 1.29 is 14.3 Å². The molecule has 0 unspecified atom stereocenters. The molecule has 2 aromatic heterocycles. The number of rotatable bonds is 7. The van der Waals surface area contributed by atoms with Crippen molar-refractivity contribution in [1.29, 1.82) is 0 Å². The number of carbonyl (C=O) groups excluding carboxylic acids is 1. The van der Waals surface area contributed by atoms with E-state index in [1.165, 1.54) is 23.4 Å². The molecule has 5 rings (SSSR count). The van der Waals surface area contributed by atoms with E-state index in [0.29, 0.717) is 33.4 Å². The predicted octanol–water partition coefficient (Wildman–Crippen LogP) is 5.23. The molecule has 3 aromatic carbocycles. The molecule has 0 aliphatic rings. The number of hydrogen-bond donors (Lipinski definition) is 2. The van der Waals surface area contributed by atoms with E-state index in [0.717, 1.165) is 27.7 Å². The molecular weight excluding hydrogens is 488 g/mol. The molecule has 1 amide bonds. The van der Waals surface area contributed by atoms with Gasteiger partial charge in [0.05, 0.1) is 25.7 Å². The van der Waals surface area contributed by atoms with Crippen LogP contribution in [0.3, 0.4) is 0 Å². The highest BCUT2D eigenvalue weighted by atomic mass is 32.2. The minimum Gasteiger partial charge on any atom is -0.493 e. The lowest BCUT2D eigenvalue weighted by Crippen LogP contribution is -2.23. The van der Waals surface area contributed by atoms with Gasteiger partial charge in [-0.1, -0.05) is 47.7 Å².